The fourth-order valence-electron chi connectivity index (χ4n) is 1.83. The van der Waals surface area contributed by atoms with Gasteiger partial charge in [0.2, 0.25) is 0 Å². The van der Waals surface area contributed by atoms with Gasteiger partial charge in [-0.25, -0.2) is 0 Å². The minimum Gasteiger partial charge on any atom is -0.485 e. The molecule has 4 N–H and O–H groups in total. The third-order valence-electron chi connectivity index (χ3n) is 2.84. The Bertz CT molecular complexity index is 582. The Morgan fingerprint density at radius 1 is 1.16 bits per heavy atom. The molecule has 2 aromatic carbocycles. The Morgan fingerprint density at radius 3 is 2.47 bits per heavy atom. The van der Waals surface area contributed by atoms with Crippen molar-refractivity contribution in [3.05, 3.63) is 59.7 Å². The van der Waals surface area contributed by atoms with Crippen LogP contribution in [-0.4, -0.2) is 5.91 Å². The van der Waals surface area contributed by atoms with Gasteiger partial charge in [-0.3, -0.25) is 4.79 Å². The number of hydrogen-bond donors (Lipinski definition) is 2. The Balaban J connectivity index is 2.26. The lowest BCUT2D eigenvalue weighted by Crippen LogP contribution is -2.14. The van der Waals surface area contributed by atoms with Gasteiger partial charge in [0, 0.05) is 5.69 Å². The van der Waals surface area contributed by atoms with Gasteiger partial charge in [0.1, 0.15) is 11.9 Å². The second-order valence-electron chi connectivity index (χ2n) is 4.29. The van der Waals surface area contributed by atoms with Crippen molar-refractivity contribution in [2.45, 2.75) is 13.0 Å². The maximum Gasteiger partial charge on any atom is 0.252 e. The summed E-state index contributed by atoms with van der Waals surface area (Å²) in [6.45, 7) is 1.91. The molecule has 0 aliphatic heterocycles. The highest BCUT2D eigenvalue weighted by Gasteiger charge is 2.13. The maximum atomic E-state index is 11.4. The number of rotatable bonds is 4. The van der Waals surface area contributed by atoms with Crippen LogP contribution in [0.3, 0.4) is 0 Å². The number of carbonyl (C=O) groups is 1. The van der Waals surface area contributed by atoms with Crippen LogP contribution in [-0.2, 0) is 0 Å². The zero-order valence-electron chi connectivity index (χ0n) is 10.7. The van der Waals surface area contributed by atoms with E-state index < -0.39 is 5.91 Å². The van der Waals surface area contributed by atoms with Gasteiger partial charge in [-0.05, 0) is 30.7 Å². The number of hydrogen-bond acceptors (Lipinski definition) is 3. The van der Waals surface area contributed by atoms with Crippen LogP contribution in [0, 0.1) is 0 Å². The SMILES string of the molecule is CC(Oc1ccc(N)cc1C(N)=O)c1ccccc1. The molecule has 0 fully saturated rings. The van der Waals surface area contributed by atoms with Crippen molar-refractivity contribution in [2.24, 2.45) is 5.73 Å². The van der Waals surface area contributed by atoms with Crippen molar-refractivity contribution in [3.63, 3.8) is 0 Å². The molecule has 19 heavy (non-hydrogen) atoms. The number of anilines is 1. The molecule has 0 aliphatic carbocycles. The molecule has 1 unspecified atom stereocenters. The second kappa shape index (κ2) is 5.44. The van der Waals surface area contributed by atoms with E-state index in [1.165, 1.54) is 6.07 Å². The number of nitrogen functional groups attached to an aromatic ring is 1. The van der Waals surface area contributed by atoms with Crippen LogP contribution in [0.5, 0.6) is 5.75 Å². The van der Waals surface area contributed by atoms with Crippen molar-refractivity contribution in [1.29, 1.82) is 0 Å². The first-order valence-corrected chi connectivity index (χ1v) is 5.99. The van der Waals surface area contributed by atoms with Crippen LogP contribution in [0.15, 0.2) is 48.5 Å². The van der Waals surface area contributed by atoms with E-state index in [2.05, 4.69) is 0 Å². The molecule has 4 heteroatoms. The van der Waals surface area contributed by atoms with Gasteiger partial charge in [0.25, 0.3) is 5.91 Å². The molecular weight excluding hydrogens is 240 g/mol. The van der Waals surface area contributed by atoms with E-state index in [-0.39, 0.29) is 6.10 Å². The molecule has 0 aromatic heterocycles. The predicted octanol–water partition coefficient (Wildman–Crippen LogP) is 2.51. The van der Waals surface area contributed by atoms with E-state index >= 15 is 0 Å². The number of carbonyl (C=O) groups excluding carboxylic acids is 1. The van der Waals surface area contributed by atoms with E-state index in [0.29, 0.717) is 17.0 Å². The summed E-state index contributed by atoms with van der Waals surface area (Å²) in [4.78, 5) is 11.4. The molecule has 0 heterocycles. The van der Waals surface area contributed by atoms with Crippen LogP contribution in [0.2, 0.25) is 0 Å². The molecule has 1 atom stereocenters. The monoisotopic (exact) mass is 256 g/mol. The summed E-state index contributed by atoms with van der Waals surface area (Å²) in [5, 5.41) is 0. The summed E-state index contributed by atoms with van der Waals surface area (Å²) in [7, 11) is 0. The van der Waals surface area contributed by atoms with Crippen molar-refractivity contribution < 1.29 is 9.53 Å². The molecule has 0 radical (unpaired) electrons. The zero-order valence-corrected chi connectivity index (χ0v) is 10.7. The van der Waals surface area contributed by atoms with Crippen LogP contribution in [0.25, 0.3) is 0 Å². The summed E-state index contributed by atoms with van der Waals surface area (Å²) >= 11 is 0. The molecular formula is C15H16N2O2. The van der Waals surface area contributed by atoms with E-state index in [1.54, 1.807) is 12.1 Å². The van der Waals surface area contributed by atoms with Gasteiger partial charge in [0.05, 0.1) is 5.56 Å². The van der Waals surface area contributed by atoms with Gasteiger partial charge in [0.15, 0.2) is 0 Å². The summed E-state index contributed by atoms with van der Waals surface area (Å²) in [6, 6.07) is 14.6. The van der Waals surface area contributed by atoms with E-state index in [1.807, 2.05) is 37.3 Å². The molecule has 98 valence electrons. The van der Waals surface area contributed by atoms with Crippen LogP contribution >= 0.6 is 0 Å². The first-order valence-electron chi connectivity index (χ1n) is 5.99. The Kier molecular flexibility index (Phi) is 3.71. The lowest BCUT2D eigenvalue weighted by atomic mass is 10.1. The summed E-state index contributed by atoms with van der Waals surface area (Å²) in [6.07, 6.45) is -0.178. The van der Waals surface area contributed by atoms with Crippen molar-refractivity contribution >= 4 is 11.6 Å². The smallest absolute Gasteiger partial charge is 0.252 e. The second-order valence-corrected chi connectivity index (χ2v) is 4.29. The van der Waals surface area contributed by atoms with Crippen molar-refractivity contribution in [3.8, 4) is 5.75 Å². The van der Waals surface area contributed by atoms with E-state index in [0.717, 1.165) is 5.56 Å². The Morgan fingerprint density at radius 2 is 1.84 bits per heavy atom. The summed E-state index contributed by atoms with van der Waals surface area (Å²) < 4.78 is 5.79. The zero-order chi connectivity index (χ0) is 13.8. The van der Waals surface area contributed by atoms with E-state index in [9.17, 15) is 4.79 Å². The standard InChI is InChI=1S/C15H16N2O2/c1-10(11-5-3-2-4-6-11)19-14-8-7-12(16)9-13(14)15(17)18/h2-10H,16H2,1H3,(H2,17,18). The number of benzene rings is 2. The van der Waals surface area contributed by atoms with Gasteiger partial charge in [-0.1, -0.05) is 30.3 Å². The average molecular weight is 256 g/mol. The quantitative estimate of drug-likeness (QED) is 0.825. The minimum absolute atomic E-state index is 0.178. The molecule has 0 aliphatic rings. The number of nitrogens with two attached hydrogens (primary N) is 2. The normalized spacial score (nSPS) is 11.8. The van der Waals surface area contributed by atoms with Gasteiger partial charge in [-0.2, -0.15) is 0 Å². The lowest BCUT2D eigenvalue weighted by molar-refractivity contribution is 0.0994. The number of primary amides is 1. The maximum absolute atomic E-state index is 11.4. The molecule has 1 amide bonds. The molecule has 0 spiro atoms. The highest BCUT2D eigenvalue weighted by molar-refractivity contribution is 5.96. The molecule has 0 saturated carbocycles. The minimum atomic E-state index is -0.553. The molecule has 0 saturated heterocycles. The van der Waals surface area contributed by atoms with E-state index in [4.69, 9.17) is 16.2 Å². The third kappa shape index (κ3) is 3.04. The summed E-state index contributed by atoms with van der Waals surface area (Å²) in [5.41, 5.74) is 12.8. The summed E-state index contributed by atoms with van der Waals surface area (Å²) in [5.74, 6) is -0.111. The van der Waals surface area contributed by atoms with Crippen LogP contribution in [0.4, 0.5) is 5.69 Å². The first kappa shape index (κ1) is 13.0. The highest BCUT2D eigenvalue weighted by Crippen LogP contribution is 2.26. The third-order valence-corrected chi connectivity index (χ3v) is 2.84. The molecule has 2 rings (SSSR count). The number of ether oxygens (including phenoxy) is 1. The average Bonchev–Trinajstić information content (AvgIpc) is 2.41. The van der Waals surface area contributed by atoms with Gasteiger partial charge < -0.3 is 16.2 Å². The van der Waals surface area contributed by atoms with Crippen LogP contribution in [0.1, 0.15) is 28.9 Å². The molecule has 4 nitrogen and oxygen atoms in total. The van der Waals surface area contributed by atoms with Gasteiger partial charge >= 0.3 is 0 Å². The fourth-order valence-corrected chi connectivity index (χ4v) is 1.83. The predicted molar refractivity (Wildman–Crippen MR) is 74.9 cm³/mol. The van der Waals surface area contributed by atoms with Crippen molar-refractivity contribution in [1.82, 2.24) is 0 Å². The largest absolute Gasteiger partial charge is 0.485 e. The molecule has 0 bridgehead atoms. The highest BCUT2D eigenvalue weighted by atomic mass is 16.5. The Hall–Kier alpha value is -2.49. The topological polar surface area (TPSA) is 78.3 Å². The first-order chi connectivity index (χ1) is 9.08. The van der Waals surface area contributed by atoms with Gasteiger partial charge in [-0.15, -0.1) is 0 Å². The Labute approximate surface area is 112 Å². The van der Waals surface area contributed by atoms with Crippen LogP contribution < -0.4 is 16.2 Å². The lowest BCUT2D eigenvalue weighted by Gasteiger charge is -2.17. The fraction of sp³-hybridized carbons (Fsp3) is 0.133. The number of amides is 1. The molecule has 2 aromatic rings. The van der Waals surface area contributed by atoms with Crippen molar-refractivity contribution in [2.75, 3.05) is 5.73 Å².